The minimum absolute atomic E-state index is 0.165. The van der Waals surface area contributed by atoms with Crippen LogP contribution in [0.1, 0.15) is 37.3 Å². The van der Waals surface area contributed by atoms with Gasteiger partial charge in [-0.3, -0.25) is 4.79 Å². The molecule has 0 bridgehead atoms. The average Bonchev–Trinajstić information content (AvgIpc) is 3.07. The smallest absolute Gasteiger partial charge is 0.304 e. The normalized spacial score (nSPS) is 16.4. The van der Waals surface area contributed by atoms with Crippen molar-refractivity contribution in [2.75, 3.05) is 7.11 Å². The summed E-state index contributed by atoms with van der Waals surface area (Å²) >= 11 is 6.26. The largest absolute Gasteiger partial charge is 0.496 e. The van der Waals surface area contributed by atoms with E-state index in [2.05, 4.69) is 0 Å². The third-order valence-corrected chi connectivity index (χ3v) is 4.02. The Kier molecular flexibility index (Phi) is 3.53. The fourth-order valence-electron chi connectivity index (χ4n) is 2.45. The molecule has 4 heteroatoms. The molecule has 3 nitrogen and oxygen atoms in total. The molecule has 1 aliphatic carbocycles. The molecule has 98 valence electrons. The predicted molar refractivity (Wildman–Crippen MR) is 70.5 cm³/mol. The molecule has 1 aromatic rings. The number of rotatable bonds is 5. The molecule has 1 N–H and O–H groups in total. The molecule has 0 heterocycles. The zero-order chi connectivity index (χ0) is 13.3. The summed E-state index contributed by atoms with van der Waals surface area (Å²) in [5.41, 5.74) is 1.74. The van der Waals surface area contributed by atoms with Crippen molar-refractivity contribution in [2.45, 2.75) is 38.0 Å². The summed E-state index contributed by atoms with van der Waals surface area (Å²) in [5.74, 6) is -0.00109. The maximum atomic E-state index is 10.9. The van der Waals surface area contributed by atoms with Gasteiger partial charge in [-0.05, 0) is 37.0 Å². The van der Waals surface area contributed by atoms with E-state index >= 15 is 0 Å². The molecule has 1 aliphatic rings. The van der Waals surface area contributed by atoms with Gasteiger partial charge in [0.15, 0.2) is 0 Å². The molecule has 2 rings (SSSR count). The van der Waals surface area contributed by atoms with E-state index in [-0.39, 0.29) is 11.8 Å². The van der Waals surface area contributed by atoms with E-state index in [1.165, 1.54) is 0 Å². The average molecular weight is 269 g/mol. The van der Waals surface area contributed by atoms with Gasteiger partial charge in [0.2, 0.25) is 0 Å². The molecule has 18 heavy (non-hydrogen) atoms. The molecule has 0 atom stereocenters. The Balaban J connectivity index is 2.41. The van der Waals surface area contributed by atoms with Crippen molar-refractivity contribution in [2.24, 2.45) is 0 Å². The summed E-state index contributed by atoms with van der Waals surface area (Å²) in [6, 6.07) is 3.85. The van der Waals surface area contributed by atoms with Crippen molar-refractivity contribution in [1.29, 1.82) is 0 Å². The molecule has 0 radical (unpaired) electrons. The van der Waals surface area contributed by atoms with Crippen LogP contribution in [0.15, 0.2) is 12.1 Å². The Morgan fingerprint density at radius 2 is 2.17 bits per heavy atom. The highest BCUT2D eigenvalue weighted by molar-refractivity contribution is 6.31. The summed E-state index contributed by atoms with van der Waals surface area (Å²) in [6.45, 7) is 2.02. The van der Waals surface area contributed by atoms with Gasteiger partial charge < -0.3 is 9.84 Å². The number of ether oxygens (including phenoxy) is 1. The lowest BCUT2D eigenvalue weighted by Crippen LogP contribution is -2.13. The number of carbonyl (C=O) groups is 1. The van der Waals surface area contributed by atoms with Crippen LogP contribution in [0.3, 0.4) is 0 Å². The number of benzene rings is 1. The van der Waals surface area contributed by atoms with E-state index in [1.54, 1.807) is 7.11 Å². The lowest BCUT2D eigenvalue weighted by atomic mass is 9.91. The molecule has 0 spiro atoms. The molecule has 1 saturated carbocycles. The fourth-order valence-corrected chi connectivity index (χ4v) is 2.79. The molecule has 0 aliphatic heterocycles. The lowest BCUT2D eigenvalue weighted by Gasteiger charge is -2.17. The number of halogens is 1. The molecule has 0 amide bonds. The molecular formula is C14H17ClO3. The van der Waals surface area contributed by atoms with Crippen LogP contribution in [0.4, 0.5) is 0 Å². The number of hydrogen-bond donors (Lipinski definition) is 1. The SMILES string of the molecule is CCc1c(Cl)cc(C2(CC(=O)O)CC2)cc1OC. The highest BCUT2D eigenvalue weighted by Gasteiger charge is 2.46. The van der Waals surface area contributed by atoms with Crippen molar-refractivity contribution in [3.05, 3.63) is 28.3 Å². The first-order valence-electron chi connectivity index (χ1n) is 6.11. The molecule has 1 fully saturated rings. The van der Waals surface area contributed by atoms with Crippen LogP contribution in [-0.4, -0.2) is 18.2 Å². The summed E-state index contributed by atoms with van der Waals surface area (Å²) < 4.78 is 5.35. The second-order valence-electron chi connectivity index (χ2n) is 4.84. The summed E-state index contributed by atoms with van der Waals surface area (Å²) in [6.07, 6.45) is 2.78. The first-order chi connectivity index (χ1) is 8.52. The summed E-state index contributed by atoms with van der Waals surface area (Å²) in [5, 5.41) is 9.65. The van der Waals surface area contributed by atoms with Gasteiger partial charge in [0, 0.05) is 16.0 Å². The van der Waals surface area contributed by atoms with Crippen molar-refractivity contribution in [3.8, 4) is 5.75 Å². The number of hydrogen-bond acceptors (Lipinski definition) is 2. The van der Waals surface area contributed by atoms with Crippen LogP contribution >= 0.6 is 11.6 Å². The summed E-state index contributed by atoms with van der Waals surface area (Å²) in [4.78, 5) is 10.9. The van der Waals surface area contributed by atoms with Gasteiger partial charge in [-0.1, -0.05) is 18.5 Å². The van der Waals surface area contributed by atoms with Crippen molar-refractivity contribution in [3.63, 3.8) is 0 Å². The van der Waals surface area contributed by atoms with Gasteiger partial charge in [0.25, 0.3) is 0 Å². The van der Waals surface area contributed by atoms with E-state index in [0.29, 0.717) is 5.02 Å². The van der Waals surface area contributed by atoms with E-state index in [0.717, 1.165) is 36.1 Å². The van der Waals surface area contributed by atoms with Crippen LogP contribution in [0.5, 0.6) is 5.75 Å². The zero-order valence-corrected chi connectivity index (χ0v) is 11.4. The van der Waals surface area contributed by atoms with Crippen molar-refractivity contribution < 1.29 is 14.6 Å². The Morgan fingerprint density at radius 3 is 2.61 bits per heavy atom. The first-order valence-corrected chi connectivity index (χ1v) is 6.49. The van der Waals surface area contributed by atoms with Gasteiger partial charge in [-0.15, -0.1) is 0 Å². The third-order valence-electron chi connectivity index (χ3n) is 3.68. The maximum Gasteiger partial charge on any atom is 0.304 e. The summed E-state index contributed by atoms with van der Waals surface area (Å²) in [7, 11) is 1.62. The standard InChI is InChI=1S/C14H17ClO3/c1-3-10-11(15)6-9(7-12(10)18-2)14(4-5-14)8-13(16)17/h6-7H,3-5,8H2,1-2H3,(H,16,17). The lowest BCUT2D eigenvalue weighted by molar-refractivity contribution is -0.137. The number of aliphatic carboxylic acids is 1. The van der Waals surface area contributed by atoms with Crippen LogP contribution in [0, 0.1) is 0 Å². The zero-order valence-electron chi connectivity index (χ0n) is 10.6. The van der Waals surface area contributed by atoms with Crippen LogP contribution in [0.2, 0.25) is 5.02 Å². The van der Waals surface area contributed by atoms with Gasteiger partial charge in [-0.25, -0.2) is 0 Å². The Labute approximate surface area is 112 Å². The fraction of sp³-hybridized carbons (Fsp3) is 0.500. The molecule has 0 saturated heterocycles. The Morgan fingerprint density at radius 1 is 1.50 bits per heavy atom. The number of methoxy groups -OCH3 is 1. The third kappa shape index (κ3) is 2.32. The van der Waals surface area contributed by atoms with E-state index in [4.69, 9.17) is 21.4 Å². The molecule has 1 aromatic carbocycles. The Hall–Kier alpha value is -1.22. The van der Waals surface area contributed by atoms with E-state index in [9.17, 15) is 4.79 Å². The van der Waals surface area contributed by atoms with Gasteiger partial charge >= 0.3 is 5.97 Å². The molecule has 0 unspecified atom stereocenters. The van der Waals surface area contributed by atoms with E-state index < -0.39 is 5.97 Å². The monoisotopic (exact) mass is 268 g/mol. The topological polar surface area (TPSA) is 46.5 Å². The quantitative estimate of drug-likeness (QED) is 0.890. The first kappa shape index (κ1) is 13.2. The van der Waals surface area contributed by atoms with Crippen LogP contribution in [-0.2, 0) is 16.6 Å². The van der Waals surface area contributed by atoms with Crippen LogP contribution in [0.25, 0.3) is 0 Å². The highest BCUT2D eigenvalue weighted by atomic mass is 35.5. The molecule has 0 aromatic heterocycles. The van der Waals surface area contributed by atoms with Crippen molar-refractivity contribution in [1.82, 2.24) is 0 Å². The number of carboxylic acids is 1. The predicted octanol–water partition coefficient (Wildman–Crippen LogP) is 3.42. The second kappa shape index (κ2) is 4.81. The minimum Gasteiger partial charge on any atom is -0.496 e. The van der Waals surface area contributed by atoms with E-state index in [1.807, 2.05) is 19.1 Å². The Bertz CT molecular complexity index is 478. The highest BCUT2D eigenvalue weighted by Crippen LogP contribution is 2.52. The van der Waals surface area contributed by atoms with Crippen molar-refractivity contribution >= 4 is 17.6 Å². The van der Waals surface area contributed by atoms with Gasteiger partial charge in [-0.2, -0.15) is 0 Å². The maximum absolute atomic E-state index is 10.9. The number of carboxylic acid groups (broad SMARTS) is 1. The van der Waals surface area contributed by atoms with Crippen LogP contribution < -0.4 is 4.74 Å². The second-order valence-corrected chi connectivity index (χ2v) is 5.25. The molecular weight excluding hydrogens is 252 g/mol. The van der Waals surface area contributed by atoms with Gasteiger partial charge in [0.1, 0.15) is 5.75 Å². The minimum atomic E-state index is -0.762. The van der Waals surface area contributed by atoms with Gasteiger partial charge in [0.05, 0.1) is 13.5 Å².